The maximum Gasteiger partial charge on any atom is 0.340 e. The number of nitrogens with one attached hydrogen (secondary N) is 2. The number of carbonyl (C=O) groups is 2. The van der Waals surface area contributed by atoms with Crippen LogP contribution in [-0.4, -0.2) is 31.6 Å². The normalized spacial score (nSPS) is 10.2. The van der Waals surface area contributed by atoms with Crippen LogP contribution >= 0.6 is 11.6 Å². The van der Waals surface area contributed by atoms with Crippen molar-refractivity contribution in [3.63, 3.8) is 0 Å². The minimum Gasteiger partial charge on any atom is -0.462 e. The molecule has 6 heteroatoms. The second-order valence-electron chi connectivity index (χ2n) is 5.35. The number of carbonyl (C=O) groups excluding carboxylic acids is 2. The van der Waals surface area contributed by atoms with Gasteiger partial charge in [0.15, 0.2) is 0 Å². The van der Waals surface area contributed by atoms with Gasteiger partial charge in [0.1, 0.15) is 0 Å². The van der Waals surface area contributed by atoms with Gasteiger partial charge in [0.2, 0.25) is 5.91 Å². The predicted molar refractivity (Wildman–Crippen MR) is 99.1 cm³/mol. The lowest BCUT2D eigenvalue weighted by Crippen LogP contribution is -2.31. The number of halogens is 1. The number of benzene rings is 2. The lowest BCUT2D eigenvalue weighted by atomic mass is 10.1. The van der Waals surface area contributed by atoms with E-state index in [0.29, 0.717) is 35.8 Å². The van der Waals surface area contributed by atoms with Crippen molar-refractivity contribution >= 4 is 29.2 Å². The summed E-state index contributed by atoms with van der Waals surface area (Å²) in [4.78, 5) is 23.9. The fourth-order valence-electron chi connectivity index (χ4n) is 2.30. The molecule has 0 heterocycles. The van der Waals surface area contributed by atoms with Crippen LogP contribution < -0.4 is 10.6 Å². The van der Waals surface area contributed by atoms with Gasteiger partial charge in [-0.05, 0) is 43.2 Å². The summed E-state index contributed by atoms with van der Waals surface area (Å²) in [6.07, 6.45) is 0.700. The quantitative estimate of drug-likeness (QED) is 0.709. The maximum absolute atomic E-state index is 12.0. The Morgan fingerprint density at radius 2 is 1.92 bits per heavy atom. The molecule has 0 spiro atoms. The molecule has 0 radical (unpaired) electrons. The van der Waals surface area contributed by atoms with E-state index in [1.807, 2.05) is 24.3 Å². The molecule has 0 aliphatic heterocycles. The molecule has 2 aromatic rings. The molecule has 0 aromatic heterocycles. The standard InChI is InChI=1S/C19H21ClN2O3/c1-2-25-19(24)16-8-3-4-9-17(16)22-13-18(23)21-11-10-14-6-5-7-15(20)12-14/h3-9,12,22H,2,10-11,13H2,1H3,(H,21,23). The Morgan fingerprint density at radius 1 is 1.12 bits per heavy atom. The first-order valence-electron chi connectivity index (χ1n) is 8.11. The molecular weight excluding hydrogens is 340 g/mol. The summed E-state index contributed by atoms with van der Waals surface area (Å²) in [5.41, 5.74) is 2.05. The molecule has 2 rings (SSSR count). The van der Waals surface area contributed by atoms with E-state index in [4.69, 9.17) is 16.3 Å². The van der Waals surface area contributed by atoms with Crippen LogP contribution in [0.4, 0.5) is 5.69 Å². The van der Waals surface area contributed by atoms with Crippen LogP contribution in [0.3, 0.4) is 0 Å². The topological polar surface area (TPSA) is 67.4 Å². The molecule has 0 aliphatic carbocycles. The Bertz CT molecular complexity index is 734. The summed E-state index contributed by atoms with van der Waals surface area (Å²) in [5.74, 6) is -0.562. The number of hydrogen-bond acceptors (Lipinski definition) is 4. The van der Waals surface area contributed by atoms with E-state index in [9.17, 15) is 9.59 Å². The largest absolute Gasteiger partial charge is 0.462 e. The Morgan fingerprint density at radius 3 is 2.68 bits per heavy atom. The number of hydrogen-bond donors (Lipinski definition) is 2. The van der Waals surface area contributed by atoms with E-state index in [0.717, 1.165) is 5.56 Å². The number of rotatable bonds is 8. The highest BCUT2D eigenvalue weighted by Crippen LogP contribution is 2.16. The zero-order chi connectivity index (χ0) is 18.1. The Labute approximate surface area is 152 Å². The van der Waals surface area contributed by atoms with Crippen molar-refractivity contribution in [2.24, 2.45) is 0 Å². The predicted octanol–water partition coefficient (Wildman–Crippen LogP) is 3.29. The van der Waals surface area contributed by atoms with Crippen LogP contribution in [0.5, 0.6) is 0 Å². The molecular formula is C19H21ClN2O3. The minimum atomic E-state index is -0.410. The van der Waals surface area contributed by atoms with Gasteiger partial charge in [-0.25, -0.2) is 4.79 Å². The van der Waals surface area contributed by atoms with Gasteiger partial charge in [-0.2, -0.15) is 0 Å². The third-order valence-corrected chi connectivity index (χ3v) is 3.72. The summed E-state index contributed by atoms with van der Waals surface area (Å²) >= 11 is 5.93. The molecule has 0 bridgehead atoms. The van der Waals surface area contributed by atoms with E-state index < -0.39 is 5.97 Å². The lowest BCUT2D eigenvalue weighted by Gasteiger charge is -2.11. The highest BCUT2D eigenvalue weighted by Gasteiger charge is 2.12. The van der Waals surface area contributed by atoms with Crippen molar-refractivity contribution in [3.05, 3.63) is 64.7 Å². The smallest absolute Gasteiger partial charge is 0.340 e. The van der Waals surface area contributed by atoms with Gasteiger partial charge < -0.3 is 15.4 Å². The number of amides is 1. The Balaban J connectivity index is 1.81. The van der Waals surface area contributed by atoms with Crippen LogP contribution in [0.25, 0.3) is 0 Å². The third-order valence-electron chi connectivity index (χ3n) is 3.49. The lowest BCUT2D eigenvalue weighted by molar-refractivity contribution is -0.119. The number of para-hydroxylation sites is 1. The van der Waals surface area contributed by atoms with Crippen LogP contribution in [-0.2, 0) is 16.0 Å². The first-order chi connectivity index (χ1) is 12.1. The van der Waals surface area contributed by atoms with Crippen molar-refractivity contribution < 1.29 is 14.3 Å². The number of ether oxygens (including phenoxy) is 1. The molecule has 0 unspecified atom stereocenters. The summed E-state index contributed by atoms with van der Waals surface area (Å²) in [5, 5.41) is 6.49. The van der Waals surface area contributed by atoms with Crippen LogP contribution in [0.2, 0.25) is 5.02 Å². The molecule has 132 valence electrons. The molecule has 0 saturated carbocycles. The van der Waals surface area contributed by atoms with Crippen molar-refractivity contribution in [2.45, 2.75) is 13.3 Å². The van der Waals surface area contributed by atoms with Crippen molar-refractivity contribution in [3.8, 4) is 0 Å². The highest BCUT2D eigenvalue weighted by molar-refractivity contribution is 6.30. The van der Waals surface area contributed by atoms with E-state index in [-0.39, 0.29) is 12.5 Å². The molecule has 1 amide bonds. The average molecular weight is 361 g/mol. The van der Waals surface area contributed by atoms with Gasteiger partial charge >= 0.3 is 5.97 Å². The van der Waals surface area contributed by atoms with Gasteiger partial charge in [0.25, 0.3) is 0 Å². The van der Waals surface area contributed by atoms with E-state index in [1.165, 1.54) is 0 Å². The minimum absolute atomic E-state index is 0.0754. The molecule has 0 fully saturated rings. The molecule has 0 atom stereocenters. The van der Waals surface area contributed by atoms with Gasteiger partial charge in [-0.3, -0.25) is 4.79 Å². The summed E-state index contributed by atoms with van der Waals surface area (Å²) in [6.45, 7) is 2.64. The Kier molecular flexibility index (Phi) is 7.29. The number of esters is 1. The maximum atomic E-state index is 12.0. The Hall–Kier alpha value is -2.53. The second-order valence-corrected chi connectivity index (χ2v) is 5.79. The van der Waals surface area contributed by atoms with Crippen molar-refractivity contribution in [1.82, 2.24) is 5.32 Å². The zero-order valence-corrected chi connectivity index (χ0v) is 14.8. The molecule has 5 nitrogen and oxygen atoms in total. The molecule has 0 saturated heterocycles. The highest BCUT2D eigenvalue weighted by atomic mass is 35.5. The summed E-state index contributed by atoms with van der Waals surface area (Å²) in [6, 6.07) is 14.5. The van der Waals surface area contributed by atoms with Gasteiger partial charge in [0, 0.05) is 17.3 Å². The average Bonchev–Trinajstić information content (AvgIpc) is 2.60. The third kappa shape index (κ3) is 6.12. The first-order valence-corrected chi connectivity index (χ1v) is 8.49. The fraction of sp³-hybridized carbons (Fsp3) is 0.263. The molecule has 2 N–H and O–H groups in total. The molecule has 2 aromatic carbocycles. The fourth-order valence-corrected chi connectivity index (χ4v) is 2.51. The summed E-state index contributed by atoms with van der Waals surface area (Å²) < 4.78 is 5.01. The van der Waals surface area contributed by atoms with Gasteiger partial charge in [-0.15, -0.1) is 0 Å². The monoisotopic (exact) mass is 360 g/mol. The molecule has 0 aliphatic rings. The zero-order valence-electron chi connectivity index (χ0n) is 14.0. The van der Waals surface area contributed by atoms with Gasteiger partial charge in [-0.1, -0.05) is 35.9 Å². The van der Waals surface area contributed by atoms with Crippen LogP contribution in [0.1, 0.15) is 22.8 Å². The van der Waals surface area contributed by atoms with Crippen LogP contribution in [0.15, 0.2) is 48.5 Å². The van der Waals surface area contributed by atoms with Crippen molar-refractivity contribution in [2.75, 3.05) is 25.0 Å². The molecule has 25 heavy (non-hydrogen) atoms. The van der Waals surface area contributed by atoms with Crippen molar-refractivity contribution in [1.29, 1.82) is 0 Å². The summed E-state index contributed by atoms with van der Waals surface area (Å²) in [7, 11) is 0. The van der Waals surface area contributed by atoms with E-state index in [2.05, 4.69) is 10.6 Å². The van der Waals surface area contributed by atoms with E-state index >= 15 is 0 Å². The first kappa shape index (κ1) is 18.8. The number of anilines is 1. The second kappa shape index (κ2) is 9.69. The van der Waals surface area contributed by atoms with Crippen LogP contribution in [0, 0.1) is 0 Å². The van der Waals surface area contributed by atoms with Gasteiger partial charge in [0.05, 0.1) is 18.7 Å². The SMILES string of the molecule is CCOC(=O)c1ccccc1NCC(=O)NCCc1cccc(Cl)c1. The van der Waals surface area contributed by atoms with E-state index in [1.54, 1.807) is 31.2 Å².